The molecule has 1 saturated heterocycles. The Balaban J connectivity index is 2.03. The maximum absolute atomic E-state index is 11.0. The lowest BCUT2D eigenvalue weighted by molar-refractivity contribution is -0.139. The molecule has 0 aromatic heterocycles. The van der Waals surface area contributed by atoms with Crippen molar-refractivity contribution < 1.29 is 9.53 Å². The van der Waals surface area contributed by atoms with Gasteiger partial charge in [-0.15, -0.1) is 0 Å². The van der Waals surface area contributed by atoms with Gasteiger partial charge in [-0.3, -0.25) is 0 Å². The molecule has 80 valence electrons. The van der Waals surface area contributed by atoms with Crippen LogP contribution < -0.4 is 0 Å². The van der Waals surface area contributed by atoms with E-state index >= 15 is 0 Å². The molecule has 0 N–H and O–H groups in total. The first-order valence-corrected chi connectivity index (χ1v) is 5.62. The molecule has 2 heteroatoms. The Morgan fingerprint density at radius 3 is 2.64 bits per heavy atom. The number of esters is 1. The van der Waals surface area contributed by atoms with Crippen LogP contribution in [-0.4, -0.2) is 12.1 Å². The Labute approximate surface area is 86.3 Å². The summed E-state index contributed by atoms with van der Waals surface area (Å²) in [5.41, 5.74) is 0.642. The summed E-state index contributed by atoms with van der Waals surface area (Å²) >= 11 is 0. The molecule has 0 aliphatic carbocycles. The van der Waals surface area contributed by atoms with E-state index in [1.54, 1.807) is 0 Å². The van der Waals surface area contributed by atoms with Crippen molar-refractivity contribution in [1.29, 1.82) is 0 Å². The third-order valence-electron chi connectivity index (χ3n) is 2.67. The van der Waals surface area contributed by atoms with Crippen LogP contribution in [0.1, 0.15) is 51.9 Å². The highest BCUT2D eigenvalue weighted by Gasteiger charge is 2.26. The Morgan fingerprint density at radius 1 is 1.36 bits per heavy atom. The van der Waals surface area contributed by atoms with Crippen LogP contribution in [0.15, 0.2) is 12.2 Å². The fourth-order valence-electron chi connectivity index (χ4n) is 1.77. The zero-order valence-electron chi connectivity index (χ0n) is 9.05. The predicted molar refractivity (Wildman–Crippen MR) is 57.0 cm³/mol. The maximum atomic E-state index is 11.0. The minimum Gasteiger partial charge on any atom is -0.459 e. The first-order valence-electron chi connectivity index (χ1n) is 5.62. The maximum Gasteiger partial charge on any atom is 0.333 e. The summed E-state index contributed by atoms with van der Waals surface area (Å²) in [5, 5.41) is 0. The molecule has 1 fully saturated rings. The smallest absolute Gasteiger partial charge is 0.333 e. The zero-order chi connectivity index (χ0) is 10.4. The molecule has 1 heterocycles. The molecule has 0 radical (unpaired) electrons. The van der Waals surface area contributed by atoms with Crippen molar-refractivity contribution in [1.82, 2.24) is 0 Å². The van der Waals surface area contributed by atoms with Gasteiger partial charge >= 0.3 is 5.97 Å². The topological polar surface area (TPSA) is 26.3 Å². The standard InChI is InChI=1S/C12H20O2/c1-3-4-5-6-7-8-11-9-10(2)12(13)14-11/h11H,2-9H2,1H3. The number of cyclic esters (lactones) is 1. The summed E-state index contributed by atoms with van der Waals surface area (Å²) in [5.74, 6) is -0.191. The first kappa shape index (κ1) is 11.3. The van der Waals surface area contributed by atoms with E-state index in [1.165, 1.54) is 32.1 Å². The van der Waals surface area contributed by atoms with Gasteiger partial charge in [-0.05, 0) is 12.8 Å². The molecule has 0 spiro atoms. The van der Waals surface area contributed by atoms with Crippen LogP contribution in [0.25, 0.3) is 0 Å². The van der Waals surface area contributed by atoms with Gasteiger partial charge in [-0.25, -0.2) is 4.79 Å². The van der Waals surface area contributed by atoms with Gasteiger partial charge in [0.2, 0.25) is 0 Å². The van der Waals surface area contributed by atoms with E-state index in [0.717, 1.165) is 12.8 Å². The predicted octanol–water partition coefficient (Wildman–Crippen LogP) is 3.22. The summed E-state index contributed by atoms with van der Waals surface area (Å²) < 4.78 is 5.14. The molecule has 1 aliphatic rings. The third-order valence-corrected chi connectivity index (χ3v) is 2.67. The van der Waals surface area contributed by atoms with Crippen LogP contribution in [0.4, 0.5) is 0 Å². The molecule has 14 heavy (non-hydrogen) atoms. The molecule has 1 atom stereocenters. The van der Waals surface area contributed by atoms with Gasteiger partial charge in [-0.1, -0.05) is 39.2 Å². The zero-order valence-corrected chi connectivity index (χ0v) is 9.05. The number of carbonyl (C=O) groups excluding carboxylic acids is 1. The van der Waals surface area contributed by atoms with E-state index < -0.39 is 0 Å². The SMILES string of the molecule is C=C1CC(CCCCCCC)OC1=O. The molecular weight excluding hydrogens is 176 g/mol. The second-order valence-corrected chi connectivity index (χ2v) is 4.04. The fourth-order valence-corrected chi connectivity index (χ4v) is 1.77. The van der Waals surface area contributed by atoms with Crippen molar-refractivity contribution >= 4 is 5.97 Å². The molecule has 1 unspecified atom stereocenters. The van der Waals surface area contributed by atoms with Crippen molar-refractivity contribution in [2.75, 3.05) is 0 Å². The second kappa shape index (κ2) is 5.84. The van der Waals surface area contributed by atoms with Crippen LogP contribution >= 0.6 is 0 Å². The van der Waals surface area contributed by atoms with E-state index in [1.807, 2.05) is 0 Å². The Hall–Kier alpha value is -0.790. The monoisotopic (exact) mass is 196 g/mol. The van der Waals surface area contributed by atoms with Crippen LogP contribution in [-0.2, 0) is 9.53 Å². The largest absolute Gasteiger partial charge is 0.459 e. The van der Waals surface area contributed by atoms with Gasteiger partial charge in [0.05, 0.1) is 0 Å². The molecule has 0 bridgehead atoms. The van der Waals surface area contributed by atoms with Crippen LogP contribution in [0.5, 0.6) is 0 Å². The number of rotatable bonds is 6. The fraction of sp³-hybridized carbons (Fsp3) is 0.750. The summed E-state index contributed by atoms with van der Waals surface area (Å²) in [6.07, 6.45) is 8.20. The van der Waals surface area contributed by atoms with Crippen molar-refractivity contribution in [2.45, 2.75) is 58.0 Å². The van der Waals surface area contributed by atoms with Crippen LogP contribution in [0.3, 0.4) is 0 Å². The highest BCUT2D eigenvalue weighted by molar-refractivity contribution is 5.89. The van der Waals surface area contributed by atoms with Crippen molar-refractivity contribution in [3.05, 3.63) is 12.2 Å². The van der Waals surface area contributed by atoms with Gasteiger partial charge in [0.25, 0.3) is 0 Å². The van der Waals surface area contributed by atoms with E-state index in [-0.39, 0.29) is 12.1 Å². The lowest BCUT2D eigenvalue weighted by Gasteiger charge is -2.07. The molecule has 0 amide bonds. The quantitative estimate of drug-likeness (QED) is 0.370. The average Bonchev–Trinajstić information content (AvgIpc) is 2.46. The lowest BCUT2D eigenvalue weighted by atomic mass is 10.1. The van der Waals surface area contributed by atoms with Gasteiger partial charge < -0.3 is 4.74 Å². The number of unbranched alkanes of at least 4 members (excludes halogenated alkanes) is 4. The van der Waals surface area contributed by atoms with Crippen LogP contribution in [0.2, 0.25) is 0 Å². The summed E-state index contributed by atoms with van der Waals surface area (Å²) in [6.45, 7) is 5.88. The Kier molecular flexibility index (Phi) is 4.71. The molecule has 0 aromatic carbocycles. The highest BCUT2D eigenvalue weighted by atomic mass is 16.5. The highest BCUT2D eigenvalue weighted by Crippen LogP contribution is 2.23. The van der Waals surface area contributed by atoms with E-state index in [4.69, 9.17) is 4.74 Å². The van der Waals surface area contributed by atoms with E-state index in [9.17, 15) is 4.79 Å². The first-order chi connectivity index (χ1) is 6.74. The Morgan fingerprint density at radius 2 is 2.07 bits per heavy atom. The molecular formula is C12H20O2. The van der Waals surface area contributed by atoms with Gasteiger partial charge in [0, 0.05) is 12.0 Å². The molecule has 2 nitrogen and oxygen atoms in total. The number of hydrogen-bond acceptors (Lipinski definition) is 2. The molecule has 1 aliphatic heterocycles. The van der Waals surface area contributed by atoms with Crippen LogP contribution in [0, 0.1) is 0 Å². The number of ether oxygens (including phenoxy) is 1. The van der Waals surface area contributed by atoms with Crippen molar-refractivity contribution in [3.8, 4) is 0 Å². The Bertz CT molecular complexity index is 192. The lowest BCUT2D eigenvalue weighted by Crippen LogP contribution is -2.06. The van der Waals surface area contributed by atoms with Crippen molar-refractivity contribution in [3.63, 3.8) is 0 Å². The second-order valence-electron chi connectivity index (χ2n) is 4.04. The van der Waals surface area contributed by atoms with E-state index in [0.29, 0.717) is 5.57 Å². The molecule has 0 saturated carbocycles. The van der Waals surface area contributed by atoms with Gasteiger partial charge in [0.15, 0.2) is 0 Å². The van der Waals surface area contributed by atoms with Gasteiger partial charge in [0.1, 0.15) is 6.10 Å². The third kappa shape index (κ3) is 3.52. The molecule has 0 aromatic rings. The average molecular weight is 196 g/mol. The normalized spacial score (nSPS) is 21.4. The summed E-state index contributed by atoms with van der Waals surface area (Å²) in [4.78, 5) is 11.0. The minimum absolute atomic E-state index is 0.122. The number of carbonyl (C=O) groups is 1. The molecule has 1 rings (SSSR count). The summed E-state index contributed by atoms with van der Waals surface area (Å²) in [7, 11) is 0. The summed E-state index contributed by atoms with van der Waals surface area (Å²) in [6, 6.07) is 0. The minimum atomic E-state index is -0.191. The van der Waals surface area contributed by atoms with Crippen molar-refractivity contribution in [2.24, 2.45) is 0 Å². The number of hydrogen-bond donors (Lipinski definition) is 0. The van der Waals surface area contributed by atoms with E-state index in [2.05, 4.69) is 13.5 Å². The van der Waals surface area contributed by atoms with Gasteiger partial charge in [-0.2, -0.15) is 0 Å².